The van der Waals surface area contributed by atoms with Gasteiger partial charge in [0.1, 0.15) is 24.9 Å². The number of halogens is 1. The minimum Gasteiger partial charge on any atom is -1.00 e. The molecule has 148 valence electrons. The summed E-state index contributed by atoms with van der Waals surface area (Å²) in [6, 6.07) is -0.508. The van der Waals surface area contributed by atoms with Crippen molar-refractivity contribution in [2.45, 2.75) is 83.3 Å². The molecule has 0 spiro atoms. The van der Waals surface area contributed by atoms with Gasteiger partial charge in [0.25, 0.3) is 0 Å². The van der Waals surface area contributed by atoms with Crippen LogP contribution in [-0.2, 0) is 23.7 Å². The van der Waals surface area contributed by atoms with Crippen molar-refractivity contribution in [1.29, 1.82) is 0 Å². The van der Waals surface area contributed by atoms with Crippen molar-refractivity contribution in [2.75, 3.05) is 19.8 Å². The molecular weight excluding hydrogens is 346 g/mol. The summed E-state index contributed by atoms with van der Waals surface area (Å²) in [6.45, 7) is 7.35. The molecule has 1 aliphatic carbocycles. The van der Waals surface area contributed by atoms with Crippen LogP contribution >= 0.6 is 0 Å². The first kappa shape index (κ1) is 22.6. The standard InChI is InChI=1S/C18H33NO5.ClH/c1-12(2)9-22-17-13(3)23-18(20)15(19)10-21-11-16(17)24-14-7-5-4-6-8-14;/h12-17H,4-11,19H2,1-3H3;1H/t13-,15-,16-,17-;/m0./s1. The van der Waals surface area contributed by atoms with Gasteiger partial charge in [-0.1, -0.05) is 33.1 Å². The molecule has 0 aromatic rings. The average molecular weight is 380 g/mol. The Bertz CT molecular complexity index is 390. The van der Waals surface area contributed by atoms with Gasteiger partial charge in [-0.25, -0.2) is 4.79 Å². The zero-order valence-electron chi connectivity index (χ0n) is 15.7. The number of cyclic esters (lactones) is 1. The number of quaternary nitrogens is 1. The highest BCUT2D eigenvalue weighted by Crippen LogP contribution is 2.25. The average Bonchev–Trinajstić information content (AvgIpc) is 2.58. The third-order valence-electron chi connectivity index (χ3n) is 4.61. The quantitative estimate of drug-likeness (QED) is 0.577. The third-order valence-corrected chi connectivity index (χ3v) is 4.61. The molecule has 1 aliphatic heterocycles. The lowest BCUT2D eigenvalue weighted by Gasteiger charge is -2.34. The van der Waals surface area contributed by atoms with E-state index in [1.807, 2.05) is 6.92 Å². The summed E-state index contributed by atoms with van der Waals surface area (Å²) in [5, 5.41) is 0. The van der Waals surface area contributed by atoms with E-state index in [2.05, 4.69) is 19.6 Å². The van der Waals surface area contributed by atoms with Crippen LogP contribution in [0.4, 0.5) is 0 Å². The van der Waals surface area contributed by atoms with Gasteiger partial charge in [-0.2, -0.15) is 0 Å². The molecule has 2 aliphatic rings. The molecule has 0 amide bonds. The first-order valence-corrected chi connectivity index (χ1v) is 9.35. The van der Waals surface area contributed by atoms with E-state index in [4.69, 9.17) is 18.9 Å². The minimum absolute atomic E-state index is 0. The molecule has 0 radical (unpaired) electrons. The van der Waals surface area contributed by atoms with Crippen LogP contribution in [0.1, 0.15) is 52.9 Å². The second-order valence-electron chi connectivity index (χ2n) is 7.50. The summed E-state index contributed by atoms with van der Waals surface area (Å²) in [4.78, 5) is 12.0. The summed E-state index contributed by atoms with van der Waals surface area (Å²) in [5.74, 6) is 0.0660. The van der Waals surface area contributed by atoms with Crippen molar-refractivity contribution in [3.05, 3.63) is 0 Å². The van der Waals surface area contributed by atoms with Gasteiger partial charge >= 0.3 is 5.97 Å². The molecule has 4 atom stereocenters. The molecule has 0 bridgehead atoms. The lowest BCUT2D eigenvalue weighted by Crippen LogP contribution is -3.00. The Morgan fingerprint density at radius 1 is 1.20 bits per heavy atom. The van der Waals surface area contributed by atoms with Crippen LogP contribution in [0.15, 0.2) is 0 Å². The smallest absolute Gasteiger partial charge is 0.367 e. The molecule has 0 aromatic carbocycles. The van der Waals surface area contributed by atoms with Gasteiger partial charge in [-0.15, -0.1) is 0 Å². The van der Waals surface area contributed by atoms with E-state index in [1.54, 1.807) is 0 Å². The van der Waals surface area contributed by atoms with Crippen LogP contribution in [0, 0.1) is 5.92 Å². The SMILES string of the molecule is CC(C)CO[C@H]1[C@H](C)OC(=O)[C@@H]([NH3+])COC[C@@H]1OC1CCCCC1.[Cl-]. The van der Waals surface area contributed by atoms with Crippen molar-refractivity contribution in [3.63, 3.8) is 0 Å². The highest BCUT2D eigenvalue weighted by atomic mass is 35.5. The van der Waals surface area contributed by atoms with Crippen LogP contribution < -0.4 is 18.1 Å². The molecule has 0 aromatic heterocycles. The first-order chi connectivity index (χ1) is 11.5. The monoisotopic (exact) mass is 379 g/mol. The minimum atomic E-state index is -0.508. The van der Waals surface area contributed by atoms with Gasteiger partial charge in [0.15, 0.2) is 0 Å². The largest absolute Gasteiger partial charge is 1.00 e. The summed E-state index contributed by atoms with van der Waals surface area (Å²) in [5.41, 5.74) is 3.82. The topological polar surface area (TPSA) is 81.6 Å². The fourth-order valence-electron chi connectivity index (χ4n) is 3.25. The van der Waals surface area contributed by atoms with Crippen LogP contribution in [0.2, 0.25) is 0 Å². The summed E-state index contributed by atoms with van der Waals surface area (Å²) in [6.07, 6.45) is 5.20. The van der Waals surface area contributed by atoms with E-state index >= 15 is 0 Å². The second kappa shape index (κ2) is 11.3. The number of carbonyl (C=O) groups is 1. The molecular formula is C18H34ClNO5. The van der Waals surface area contributed by atoms with Gasteiger partial charge in [-0.3, -0.25) is 0 Å². The van der Waals surface area contributed by atoms with Crippen molar-refractivity contribution in [1.82, 2.24) is 0 Å². The normalized spacial score (nSPS) is 32.3. The molecule has 6 nitrogen and oxygen atoms in total. The van der Waals surface area contributed by atoms with Gasteiger partial charge in [0.2, 0.25) is 6.04 Å². The number of rotatable bonds is 5. The number of ether oxygens (including phenoxy) is 4. The van der Waals surface area contributed by atoms with Gasteiger partial charge < -0.3 is 37.1 Å². The maximum atomic E-state index is 12.0. The van der Waals surface area contributed by atoms with Crippen LogP contribution in [-0.4, -0.2) is 56.2 Å². The lowest BCUT2D eigenvalue weighted by atomic mass is 9.97. The van der Waals surface area contributed by atoms with E-state index in [9.17, 15) is 4.79 Å². The van der Waals surface area contributed by atoms with E-state index in [1.165, 1.54) is 19.3 Å². The van der Waals surface area contributed by atoms with Crippen molar-refractivity contribution in [2.24, 2.45) is 5.92 Å². The molecule has 3 N–H and O–H groups in total. The second-order valence-corrected chi connectivity index (χ2v) is 7.50. The fourth-order valence-corrected chi connectivity index (χ4v) is 3.25. The molecule has 2 rings (SSSR count). The zero-order valence-corrected chi connectivity index (χ0v) is 16.5. The van der Waals surface area contributed by atoms with E-state index in [0.717, 1.165) is 12.8 Å². The maximum Gasteiger partial charge on any atom is 0.367 e. The Kier molecular flexibility index (Phi) is 10.3. The molecule has 2 fully saturated rings. The fraction of sp³-hybridized carbons (Fsp3) is 0.944. The maximum absolute atomic E-state index is 12.0. The Morgan fingerprint density at radius 2 is 1.88 bits per heavy atom. The van der Waals surface area contributed by atoms with Gasteiger partial charge in [0.05, 0.1) is 12.7 Å². The number of hydrogen-bond donors (Lipinski definition) is 1. The predicted octanol–water partition coefficient (Wildman–Crippen LogP) is -1.68. The number of hydrogen-bond acceptors (Lipinski definition) is 5. The molecule has 25 heavy (non-hydrogen) atoms. The highest BCUT2D eigenvalue weighted by molar-refractivity contribution is 5.74. The summed E-state index contributed by atoms with van der Waals surface area (Å²) >= 11 is 0. The zero-order chi connectivity index (χ0) is 17.5. The van der Waals surface area contributed by atoms with Gasteiger partial charge in [0, 0.05) is 6.61 Å². The van der Waals surface area contributed by atoms with Crippen molar-refractivity contribution >= 4 is 5.97 Å². The summed E-state index contributed by atoms with van der Waals surface area (Å²) < 4.78 is 23.7. The Labute approximate surface area is 157 Å². The molecule has 1 saturated carbocycles. The molecule has 0 unspecified atom stereocenters. The van der Waals surface area contributed by atoms with E-state index in [-0.39, 0.29) is 49.4 Å². The van der Waals surface area contributed by atoms with Crippen molar-refractivity contribution in [3.8, 4) is 0 Å². The molecule has 7 heteroatoms. The molecule has 1 heterocycles. The lowest BCUT2D eigenvalue weighted by molar-refractivity contribution is -0.415. The predicted molar refractivity (Wildman–Crippen MR) is 89.4 cm³/mol. The number of esters is 1. The Hall–Kier alpha value is -0.400. The van der Waals surface area contributed by atoms with Crippen LogP contribution in [0.25, 0.3) is 0 Å². The van der Waals surface area contributed by atoms with Crippen LogP contribution in [0.3, 0.4) is 0 Å². The third kappa shape index (κ3) is 7.39. The summed E-state index contributed by atoms with van der Waals surface area (Å²) in [7, 11) is 0. The van der Waals surface area contributed by atoms with Crippen LogP contribution in [0.5, 0.6) is 0 Å². The van der Waals surface area contributed by atoms with Crippen molar-refractivity contribution < 1.29 is 41.9 Å². The first-order valence-electron chi connectivity index (χ1n) is 9.35. The van der Waals surface area contributed by atoms with E-state index in [0.29, 0.717) is 19.1 Å². The Morgan fingerprint density at radius 3 is 2.52 bits per heavy atom. The highest BCUT2D eigenvalue weighted by Gasteiger charge is 2.37. The van der Waals surface area contributed by atoms with Gasteiger partial charge in [-0.05, 0) is 25.7 Å². The van der Waals surface area contributed by atoms with E-state index < -0.39 is 6.04 Å². The molecule has 1 saturated heterocycles. The Balaban J connectivity index is 0.00000312. The number of carbonyl (C=O) groups excluding carboxylic acids is 1.